The Morgan fingerprint density at radius 3 is 2.47 bits per heavy atom. The molecule has 2 nitrogen and oxygen atoms in total. The average molecular weight is 415 g/mol. The fraction of sp³-hybridized carbons (Fsp3) is 0.360. The van der Waals surface area contributed by atoms with Crippen LogP contribution in [-0.4, -0.2) is 18.5 Å². The molecular formula is C25H28F3NO. The smallest absolute Gasteiger partial charge is 0.416 e. The summed E-state index contributed by atoms with van der Waals surface area (Å²) in [5.41, 5.74) is 0.460. The predicted molar refractivity (Wildman–Crippen MR) is 115 cm³/mol. The summed E-state index contributed by atoms with van der Waals surface area (Å²) in [6.07, 6.45) is -0.526. The Kier molecular flexibility index (Phi) is 8.14. The molecule has 0 atom stereocenters. The van der Waals surface area contributed by atoms with E-state index in [-0.39, 0.29) is 17.6 Å². The number of halogens is 3. The van der Waals surface area contributed by atoms with Crippen molar-refractivity contribution in [3.8, 4) is 17.6 Å². The minimum atomic E-state index is -4.39. The van der Waals surface area contributed by atoms with Crippen LogP contribution in [0.4, 0.5) is 13.2 Å². The molecule has 0 saturated heterocycles. The molecule has 2 rings (SSSR count). The van der Waals surface area contributed by atoms with Gasteiger partial charge in [-0.1, -0.05) is 48.2 Å². The van der Waals surface area contributed by atoms with Crippen LogP contribution in [0.1, 0.15) is 37.5 Å². The summed E-state index contributed by atoms with van der Waals surface area (Å²) >= 11 is 0. The number of rotatable bonds is 7. The van der Waals surface area contributed by atoms with Crippen molar-refractivity contribution in [3.05, 3.63) is 77.4 Å². The molecule has 5 heteroatoms. The van der Waals surface area contributed by atoms with E-state index in [9.17, 15) is 13.2 Å². The standard InChI is InChI=1S/C25H28F3NO/c1-24(2,3)15-8-5-9-16-29(4)18-20-11-10-13-22(17-20)30-19-21-12-6-7-14-23(21)25(26,27)28/h5-7,9-14,17H,16,18-19H2,1-4H3. The second kappa shape index (κ2) is 10.4. The Bertz CT molecular complexity index is 914. The van der Waals surface area contributed by atoms with Gasteiger partial charge in [-0.05, 0) is 57.7 Å². The van der Waals surface area contributed by atoms with Gasteiger partial charge in [0.25, 0.3) is 0 Å². The number of ether oxygens (including phenoxy) is 1. The van der Waals surface area contributed by atoms with Crippen molar-refractivity contribution in [2.24, 2.45) is 5.41 Å². The Balaban J connectivity index is 1.94. The first-order chi connectivity index (χ1) is 14.0. The molecule has 0 fully saturated rings. The first kappa shape index (κ1) is 23.6. The number of hydrogen-bond acceptors (Lipinski definition) is 2. The summed E-state index contributed by atoms with van der Waals surface area (Å²) < 4.78 is 45.0. The number of nitrogens with zero attached hydrogens (tertiary/aromatic N) is 1. The third-order valence-corrected chi connectivity index (χ3v) is 4.13. The van der Waals surface area contributed by atoms with Crippen LogP contribution in [0.5, 0.6) is 5.75 Å². The average Bonchev–Trinajstić information content (AvgIpc) is 2.65. The van der Waals surface area contributed by atoms with E-state index in [1.165, 1.54) is 12.1 Å². The molecular weight excluding hydrogens is 387 g/mol. The van der Waals surface area contributed by atoms with E-state index in [0.717, 1.165) is 18.2 Å². The number of hydrogen-bond donors (Lipinski definition) is 0. The van der Waals surface area contributed by atoms with Gasteiger partial charge in [0.1, 0.15) is 12.4 Å². The maximum Gasteiger partial charge on any atom is 0.416 e. The molecule has 0 radical (unpaired) electrons. The molecule has 0 aliphatic rings. The highest BCUT2D eigenvalue weighted by Gasteiger charge is 2.32. The second-order valence-corrected chi connectivity index (χ2v) is 8.21. The maximum absolute atomic E-state index is 13.1. The monoisotopic (exact) mass is 415 g/mol. The first-order valence-electron chi connectivity index (χ1n) is 9.78. The zero-order valence-electron chi connectivity index (χ0n) is 17.9. The van der Waals surface area contributed by atoms with E-state index >= 15 is 0 Å². The fourth-order valence-electron chi connectivity index (χ4n) is 2.74. The molecule has 160 valence electrons. The van der Waals surface area contributed by atoms with Crippen molar-refractivity contribution >= 4 is 0 Å². The molecule has 0 heterocycles. The highest BCUT2D eigenvalue weighted by molar-refractivity contribution is 5.32. The highest BCUT2D eigenvalue weighted by atomic mass is 19.4. The van der Waals surface area contributed by atoms with Crippen LogP contribution < -0.4 is 4.74 Å². The molecule has 0 saturated carbocycles. The van der Waals surface area contributed by atoms with Gasteiger partial charge in [-0.2, -0.15) is 13.2 Å². The Morgan fingerprint density at radius 1 is 1.03 bits per heavy atom. The lowest BCUT2D eigenvalue weighted by atomic mass is 9.98. The normalized spacial score (nSPS) is 12.1. The van der Waals surface area contributed by atoms with Crippen molar-refractivity contribution in [3.63, 3.8) is 0 Å². The molecule has 2 aromatic carbocycles. The van der Waals surface area contributed by atoms with Crippen LogP contribution in [0.15, 0.2) is 60.7 Å². The third-order valence-electron chi connectivity index (χ3n) is 4.13. The van der Waals surface area contributed by atoms with Crippen molar-refractivity contribution in [2.75, 3.05) is 13.6 Å². The summed E-state index contributed by atoms with van der Waals surface area (Å²) in [4.78, 5) is 2.12. The quantitative estimate of drug-likeness (QED) is 0.491. The van der Waals surface area contributed by atoms with Gasteiger partial charge in [-0.25, -0.2) is 0 Å². The second-order valence-electron chi connectivity index (χ2n) is 8.21. The molecule has 0 bridgehead atoms. The van der Waals surface area contributed by atoms with Crippen LogP contribution >= 0.6 is 0 Å². The molecule has 0 spiro atoms. The van der Waals surface area contributed by atoms with Crippen molar-refractivity contribution in [1.82, 2.24) is 4.90 Å². The van der Waals surface area contributed by atoms with Gasteiger partial charge in [-0.3, -0.25) is 4.90 Å². The zero-order valence-corrected chi connectivity index (χ0v) is 17.9. The number of benzene rings is 2. The van der Waals surface area contributed by atoms with Crippen LogP contribution in [0.3, 0.4) is 0 Å². The first-order valence-corrected chi connectivity index (χ1v) is 9.78. The molecule has 0 aliphatic carbocycles. The van der Waals surface area contributed by atoms with Gasteiger partial charge in [0, 0.05) is 24.1 Å². The van der Waals surface area contributed by atoms with Crippen molar-refractivity contribution in [2.45, 2.75) is 40.1 Å². The Morgan fingerprint density at radius 2 is 1.77 bits per heavy atom. The third kappa shape index (κ3) is 8.34. The minimum Gasteiger partial charge on any atom is -0.489 e. The Hall–Kier alpha value is -2.71. The number of allylic oxidation sites excluding steroid dienone is 1. The van der Waals surface area contributed by atoms with Gasteiger partial charge in [0.15, 0.2) is 0 Å². The molecule has 0 aromatic heterocycles. The lowest BCUT2D eigenvalue weighted by molar-refractivity contribution is -0.138. The van der Waals surface area contributed by atoms with Crippen LogP contribution in [0.25, 0.3) is 0 Å². The van der Waals surface area contributed by atoms with Gasteiger partial charge in [0.2, 0.25) is 0 Å². The van der Waals surface area contributed by atoms with Gasteiger partial charge in [-0.15, -0.1) is 0 Å². The summed E-state index contributed by atoms with van der Waals surface area (Å²) in [5, 5.41) is 0. The van der Waals surface area contributed by atoms with E-state index in [4.69, 9.17) is 4.74 Å². The van der Waals surface area contributed by atoms with Gasteiger partial charge < -0.3 is 4.74 Å². The molecule has 0 aliphatic heterocycles. The number of alkyl halides is 3. The molecule has 0 N–H and O–H groups in total. The molecule has 0 unspecified atom stereocenters. The summed E-state index contributed by atoms with van der Waals surface area (Å²) in [7, 11) is 1.99. The van der Waals surface area contributed by atoms with E-state index in [1.54, 1.807) is 12.1 Å². The van der Waals surface area contributed by atoms with Crippen LogP contribution in [0, 0.1) is 17.3 Å². The van der Waals surface area contributed by atoms with Gasteiger partial charge >= 0.3 is 6.18 Å². The highest BCUT2D eigenvalue weighted by Crippen LogP contribution is 2.32. The van der Waals surface area contributed by atoms with E-state index < -0.39 is 11.7 Å². The van der Waals surface area contributed by atoms with Gasteiger partial charge in [0.05, 0.1) is 5.56 Å². The van der Waals surface area contributed by atoms with Crippen LogP contribution in [-0.2, 0) is 19.3 Å². The Labute approximate surface area is 177 Å². The molecule has 0 amide bonds. The maximum atomic E-state index is 13.1. The predicted octanol–water partition coefficient (Wildman–Crippen LogP) is 6.32. The fourth-order valence-corrected chi connectivity index (χ4v) is 2.74. The summed E-state index contributed by atoms with van der Waals surface area (Å²) in [5.74, 6) is 6.74. The summed E-state index contributed by atoms with van der Waals surface area (Å²) in [6, 6.07) is 12.9. The van der Waals surface area contributed by atoms with Crippen molar-refractivity contribution < 1.29 is 17.9 Å². The van der Waals surface area contributed by atoms with E-state index in [0.29, 0.717) is 12.3 Å². The molecule has 30 heavy (non-hydrogen) atoms. The van der Waals surface area contributed by atoms with E-state index in [1.807, 2.05) is 37.4 Å². The zero-order chi connectivity index (χ0) is 22.2. The SMILES string of the molecule is CN(CC=CC#CC(C)(C)C)Cc1cccc(OCc2ccccc2C(F)(F)F)c1. The van der Waals surface area contributed by atoms with Crippen LogP contribution in [0.2, 0.25) is 0 Å². The largest absolute Gasteiger partial charge is 0.489 e. The lowest BCUT2D eigenvalue weighted by Crippen LogP contribution is -2.17. The minimum absolute atomic E-state index is 0.0166. The topological polar surface area (TPSA) is 12.5 Å². The number of likely N-dealkylation sites (N-methyl/N-ethyl adjacent to an activating group) is 1. The van der Waals surface area contributed by atoms with Crippen molar-refractivity contribution in [1.29, 1.82) is 0 Å². The van der Waals surface area contributed by atoms with E-state index in [2.05, 4.69) is 37.5 Å². The lowest BCUT2D eigenvalue weighted by Gasteiger charge is -2.16. The summed E-state index contributed by atoms with van der Waals surface area (Å²) in [6.45, 7) is 7.49. The molecule has 2 aromatic rings.